The van der Waals surface area contributed by atoms with Crippen LogP contribution in [-0.2, 0) is 4.74 Å². The smallest absolute Gasteiger partial charge is 0.0580 e. The number of aliphatic hydroxyl groups excluding tert-OH is 1. The van der Waals surface area contributed by atoms with Gasteiger partial charge >= 0.3 is 0 Å². The van der Waals surface area contributed by atoms with E-state index in [1.165, 1.54) is 38.5 Å². The Balaban J connectivity index is 2.02. The van der Waals surface area contributed by atoms with Crippen LogP contribution in [0.1, 0.15) is 58.3 Å². The molecule has 14 heavy (non-hydrogen) atoms. The van der Waals surface area contributed by atoms with E-state index >= 15 is 0 Å². The monoisotopic (exact) mass is 200 g/mol. The Kier molecular flexibility index (Phi) is 6.20. The van der Waals surface area contributed by atoms with Gasteiger partial charge in [0, 0.05) is 6.61 Å². The maximum Gasteiger partial charge on any atom is 0.0580 e. The Labute approximate surface area is 87.7 Å². The van der Waals surface area contributed by atoms with Crippen LogP contribution >= 0.6 is 0 Å². The molecule has 0 aromatic carbocycles. The van der Waals surface area contributed by atoms with Crippen molar-refractivity contribution in [1.82, 2.24) is 0 Å². The van der Waals surface area contributed by atoms with Crippen LogP contribution in [-0.4, -0.2) is 23.9 Å². The maximum absolute atomic E-state index is 8.71. The molecule has 2 atom stereocenters. The van der Waals surface area contributed by atoms with Gasteiger partial charge in [0.15, 0.2) is 0 Å². The summed E-state index contributed by atoms with van der Waals surface area (Å²) in [5, 5.41) is 8.71. The summed E-state index contributed by atoms with van der Waals surface area (Å²) in [7, 11) is 0. The summed E-state index contributed by atoms with van der Waals surface area (Å²) in [6.45, 7) is 2.54. The van der Waals surface area contributed by atoms with Gasteiger partial charge in [-0.1, -0.05) is 26.2 Å². The van der Waals surface area contributed by atoms with Gasteiger partial charge in [0.2, 0.25) is 0 Å². The first-order chi connectivity index (χ1) is 6.86. The van der Waals surface area contributed by atoms with Crippen molar-refractivity contribution >= 4 is 0 Å². The first-order valence-corrected chi connectivity index (χ1v) is 6.13. The zero-order chi connectivity index (χ0) is 10.2. The predicted octanol–water partition coefficient (Wildman–Crippen LogP) is 2.89. The molecule has 0 bridgehead atoms. The van der Waals surface area contributed by atoms with Crippen LogP contribution in [0.3, 0.4) is 0 Å². The highest BCUT2D eigenvalue weighted by molar-refractivity contribution is 4.73. The number of rotatable bonds is 7. The summed E-state index contributed by atoms with van der Waals surface area (Å²) in [6, 6.07) is 0. The Morgan fingerprint density at radius 2 is 1.71 bits per heavy atom. The number of ether oxygens (including phenoxy) is 1. The van der Waals surface area contributed by atoms with Crippen LogP contribution in [0.4, 0.5) is 0 Å². The molecule has 0 radical (unpaired) electrons. The second-order valence-electron chi connectivity index (χ2n) is 4.32. The summed E-state index contributed by atoms with van der Waals surface area (Å²) in [6.07, 6.45) is 10.5. The molecule has 0 aromatic rings. The average molecular weight is 200 g/mol. The van der Waals surface area contributed by atoms with E-state index in [9.17, 15) is 0 Å². The van der Waals surface area contributed by atoms with E-state index in [1.807, 2.05) is 0 Å². The van der Waals surface area contributed by atoms with Crippen molar-refractivity contribution in [2.75, 3.05) is 6.61 Å². The summed E-state index contributed by atoms with van der Waals surface area (Å²) in [5.74, 6) is 0. The van der Waals surface area contributed by atoms with Crippen molar-refractivity contribution in [3.8, 4) is 0 Å². The number of unbranched alkanes of at least 4 members (excludes halogenated alkanes) is 2. The lowest BCUT2D eigenvalue weighted by Gasteiger charge is -2.12. The van der Waals surface area contributed by atoms with E-state index < -0.39 is 0 Å². The van der Waals surface area contributed by atoms with E-state index in [1.54, 1.807) is 0 Å². The van der Waals surface area contributed by atoms with E-state index in [-0.39, 0.29) is 0 Å². The summed E-state index contributed by atoms with van der Waals surface area (Å²) >= 11 is 0. The standard InChI is InChI=1S/C12H24O2/c1-2-3-4-6-11-8-9-12(14-11)7-5-10-13/h11-13H,2-10H2,1H3. The number of aliphatic hydroxyl groups is 1. The number of hydrogen-bond donors (Lipinski definition) is 1. The minimum atomic E-state index is 0.306. The largest absolute Gasteiger partial charge is 0.396 e. The summed E-state index contributed by atoms with van der Waals surface area (Å²) in [4.78, 5) is 0. The van der Waals surface area contributed by atoms with Gasteiger partial charge in [0.1, 0.15) is 0 Å². The summed E-state index contributed by atoms with van der Waals surface area (Å²) in [5.41, 5.74) is 0. The molecule has 0 spiro atoms. The first kappa shape index (κ1) is 12.0. The van der Waals surface area contributed by atoms with Gasteiger partial charge in [-0.15, -0.1) is 0 Å². The van der Waals surface area contributed by atoms with E-state index in [0.29, 0.717) is 18.8 Å². The van der Waals surface area contributed by atoms with Gasteiger partial charge in [0.25, 0.3) is 0 Å². The molecule has 0 saturated carbocycles. The Bertz CT molecular complexity index is 136. The predicted molar refractivity (Wildman–Crippen MR) is 58.4 cm³/mol. The molecule has 1 fully saturated rings. The molecular weight excluding hydrogens is 176 g/mol. The van der Waals surface area contributed by atoms with Crippen molar-refractivity contribution < 1.29 is 9.84 Å². The molecule has 1 aliphatic rings. The third-order valence-corrected chi connectivity index (χ3v) is 3.01. The molecule has 1 heterocycles. The highest BCUT2D eigenvalue weighted by Crippen LogP contribution is 2.26. The molecule has 2 nitrogen and oxygen atoms in total. The quantitative estimate of drug-likeness (QED) is 0.640. The summed E-state index contributed by atoms with van der Waals surface area (Å²) < 4.78 is 5.90. The van der Waals surface area contributed by atoms with Crippen LogP contribution in [0.2, 0.25) is 0 Å². The SMILES string of the molecule is CCCCCC1CCC(CCCO)O1. The Hall–Kier alpha value is -0.0800. The minimum absolute atomic E-state index is 0.306. The van der Waals surface area contributed by atoms with Gasteiger partial charge in [-0.2, -0.15) is 0 Å². The van der Waals surface area contributed by atoms with Gasteiger partial charge in [0.05, 0.1) is 12.2 Å². The second-order valence-corrected chi connectivity index (χ2v) is 4.32. The fourth-order valence-corrected chi connectivity index (χ4v) is 2.15. The maximum atomic E-state index is 8.71. The van der Waals surface area contributed by atoms with Gasteiger partial charge in [-0.3, -0.25) is 0 Å². The highest BCUT2D eigenvalue weighted by Gasteiger charge is 2.23. The zero-order valence-electron chi connectivity index (χ0n) is 9.37. The van der Waals surface area contributed by atoms with E-state index in [0.717, 1.165) is 12.8 Å². The minimum Gasteiger partial charge on any atom is -0.396 e. The fraction of sp³-hybridized carbons (Fsp3) is 1.00. The third kappa shape index (κ3) is 4.43. The molecule has 2 unspecified atom stereocenters. The van der Waals surface area contributed by atoms with Gasteiger partial charge in [-0.05, 0) is 32.1 Å². The van der Waals surface area contributed by atoms with Crippen molar-refractivity contribution in [1.29, 1.82) is 0 Å². The molecule has 2 heteroatoms. The number of hydrogen-bond acceptors (Lipinski definition) is 2. The molecule has 1 saturated heterocycles. The highest BCUT2D eigenvalue weighted by atomic mass is 16.5. The third-order valence-electron chi connectivity index (χ3n) is 3.01. The lowest BCUT2D eigenvalue weighted by Crippen LogP contribution is -2.11. The van der Waals surface area contributed by atoms with Gasteiger partial charge < -0.3 is 9.84 Å². The first-order valence-electron chi connectivity index (χ1n) is 6.13. The van der Waals surface area contributed by atoms with Crippen LogP contribution in [0, 0.1) is 0 Å². The van der Waals surface area contributed by atoms with Crippen molar-refractivity contribution in [3.05, 3.63) is 0 Å². The van der Waals surface area contributed by atoms with Crippen LogP contribution < -0.4 is 0 Å². The molecular formula is C12H24O2. The lowest BCUT2D eigenvalue weighted by molar-refractivity contribution is 0.0314. The molecule has 0 amide bonds. The van der Waals surface area contributed by atoms with Crippen LogP contribution in [0.15, 0.2) is 0 Å². The van der Waals surface area contributed by atoms with E-state index in [4.69, 9.17) is 9.84 Å². The fourth-order valence-electron chi connectivity index (χ4n) is 2.15. The molecule has 84 valence electrons. The zero-order valence-corrected chi connectivity index (χ0v) is 9.37. The molecule has 1 N–H and O–H groups in total. The topological polar surface area (TPSA) is 29.5 Å². The molecule has 1 rings (SSSR count). The average Bonchev–Trinajstić information content (AvgIpc) is 2.63. The van der Waals surface area contributed by atoms with Crippen molar-refractivity contribution in [2.24, 2.45) is 0 Å². The molecule has 0 aromatic heterocycles. The van der Waals surface area contributed by atoms with Crippen LogP contribution in [0.25, 0.3) is 0 Å². The van der Waals surface area contributed by atoms with Crippen molar-refractivity contribution in [2.45, 2.75) is 70.5 Å². The van der Waals surface area contributed by atoms with E-state index in [2.05, 4.69) is 6.92 Å². The Morgan fingerprint density at radius 3 is 2.29 bits per heavy atom. The normalized spacial score (nSPS) is 27.0. The Morgan fingerprint density at radius 1 is 1.07 bits per heavy atom. The second kappa shape index (κ2) is 7.24. The lowest BCUT2D eigenvalue weighted by atomic mass is 10.1. The van der Waals surface area contributed by atoms with Crippen LogP contribution in [0.5, 0.6) is 0 Å². The van der Waals surface area contributed by atoms with Gasteiger partial charge in [-0.25, -0.2) is 0 Å². The van der Waals surface area contributed by atoms with Crippen molar-refractivity contribution in [3.63, 3.8) is 0 Å². The molecule has 0 aliphatic carbocycles. The molecule has 1 aliphatic heterocycles.